The van der Waals surface area contributed by atoms with E-state index in [-0.39, 0.29) is 17.9 Å². The number of hydrogen-bond acceptors (Lipinski definition) is 2. The van der Waals surface area contributed by atoms with Crippen molar-refractivity contribution in [1.82, 2.24) is 4.90 Å². The van der Waals surface area contributed by atoms with Gasteiger partial charge in [0.2, 0.25) is 5.91 Å². The van der Waals surface area contributed by atoms with Crippen LogP contribution in [0.3, 0.4) is 0 Å². The van der Waals surface area contributed by atoms with Crippen LogP contribution in [0.4, 0.5) is 0 Å². The summed E-state index contributed by atoms with van der Waals surface area (Å²) in [6.07, 6.45) is 2.28. The lowest BCUT2D eigenvalue weighted by Gasteiger charge is -2.24. The first kappa shape index (κ1) is 12.7. The molecule has 4 atom stereocenters. The highest BCUT2D eigenvalue weighted by atomic mass is 16.2. The van der Waals surface area contributed by atoms with Gasteiger partial charge in [-0.05, 0) is 42.7 Å². The number of rotatable bonds is 3. The van der Waals surface area contributed by atoms with E-state index in [0.29, 0.717) is 18.4 Å². The molecule has 3 nitrogen and oxygen atoms in total. The fourth-order valence-electron chi connectivity index (χ4n) is 3.51. The van der Waals surface area contributed by atoms with Crippen LogP contribution in [-0.4, -0.2) is 30.4 Å². The van der Waals surface area contributed by atoms with Crippen molar-refractivity contribution in [2.75, 3.05) is 13.6 Å². The molecule has 2 N–H and O–H groups in total. The maximum Gasteiger partial charge on any atom is 0.226 e. The second kappa shape index (κ2) is 4.64. The molecule has 2 aliphatic carbocycles. The summed E-state index contributed by atoms with van der Waals surface area (Å²) in [4.78, 5) is 14.4. The SMILES string of the molecule is CC(CN)N(C)C(=O)C1C2CCc3ccccc3C21. The van der Waals surface area contributed by atoms with E-state index in [4.69, 9.17) is 5.73 Å². The number of hydrogen-bond donors (Lipinski definition) is 1. The minimum Gasteiger partial charge on any atom is -0.342 e. The van der Waals surface area contributed by atoms with Crippen LogP contribution in [0.25, 0.3) is 0 Å². The molecular formula is C16H22N2O. The zero-order chi connectivity index (χ0) is 13.6. The predicted octanol–water partition coefficient (Wildman–Crippen LogP) is 1.77. The number of aryl methyl sites for hydroxylation is 1. The van der Waals surface area contributed by atoms with Gasteiger partial charge in [-0.25, -0.2) is 0 Å². The zero-order valence-corrected chi connectivity index (χ0v) is 11.7. The van der Waals surface area contributed by atoms with Crippen molar-refractivity contribution in [3.8, 4) is 0 Å². The van der Waals surface area contributed by atoms with E-state index in [1.807, 2.05) is 18.9 Å². The largest absolute Gasteiger partial charge is 0.342 e. The Balaban J connectivity index is 1.79. The van der Waals surface area contributed by atoms with Gasteiger partial charge >= 0.3 is 0 Å². The number of nitrogens with zero attached hydrogens (tertiary/aromatic N) is 1. The molecule has 0 spiro atoms. The summed E-state index contributed by atoms with van der Waals surface area (Å²) in [6, 6.07) is 8.72. The van der Waals surface area contributed by atoms with E-state index in [0.717, 1.165) is 12.8 Å². The van der Waals surface area contributed by atoms with Crippen molar-refractivity contribution >= 4 is 5.91 Å². The molecule has 0 aromatic heterocycles. The first-order chi connectivity index (χ1) is 9.15. The molecule has 1 saturated carbocycles. The van der Waals surface area contributed by atoms with Crippen LogP contribution in [0.5, 0.6) is 0 Å². The summed E-state index contributed by atoms with van der Waals surface area (Å²) in [5, 5.41) is 0. The van der Waals surface area contributed by atoms with E-state index in [1.165, 1.54) is 11.1 Å². The van der Waals surface area contributed by atoms with Crippen LogP contribution in [0.2, 0.25) is 0 Å². The van der Waals surface area contributed by atoms with Gasteiger partial charge in [0.25, 0.3) is 0 Å². The highest BCUT2D eigenvalue weighted by molar-refractivity contribution is 5.84. The summed E-state index contributed by atoms with van der Waals surface area (Å²) < 4.78 is 0. The lowest BCUT2D eigenvalue weighted by molar-refractivity contribution is -0.133. The second-order valence-corrected chi connectivity index (χ2v) is 5.99. The second-order valence-electron chi connectivity index (χ2n) is 5.99. The molecule has 1 aromatic rings. The van der Waals surface area contributed by atoms with Crippen LogP contribution >= 0.6 is 0 Å². The Bertz CT molecular complexity index is 499. The average molecular weight is 258 g/mol. The molecule has 0 radical (unpaired) electrons. The fraction of sp³-hybridized carbons (Fsp3) is 0.562. The van der Waals surface area contributed by atoms with Gasteiger partial charge in [-0.2, -0.15) is 0 Å². The molecule has 0 saturated heterocycles. The highest BCUT2D eigenvalue weighted by Gasteiger charge is 2.57. The smallest absolute Gasteiger partial charge is 0.226 e. The van der Waals surface area contributed by atoms with Crippen LogP contribution in [0.1, 0.15) is 30.4 Å². The third-order valence-electron chi connectivity index (χ3n) is 4.96. The molecule has 19 heavy (non-hydrogen) atoms. The van der Waals surface area contributed by atoms with Gasteiger partial charge in [-0.15, -0.1) is 0 Å². The van der Waals surface area contributed by atoms with Crippen LogP contribution < -0.4 is 5.73 Å². The number of likely N-dealkylation sites (N-methyl/N-ethyl adjacent to an activating group) is 1. The number of amides is 1. The highest BCUT2D eigenvalue weighted by Crippen LogP contribution is 2.60. The van der Waals surface area contributed by atoms with Gasteiger partial charge in [0.15, 0.2) is 0 Å². The average Bonchev–Trinajstić information content (AvgIpc) is 3.19. The van der Waals surface area contributed by atoms with Crippen LogP contribution in [0, 0.1) is 11.8 Å². The Morgan fingerprint density at radius 2 is 2.21 bits per heavy atom. The fourth-order valence-corrected chi connectivity index (χ4v) is 3.51. The van der Waals surface area contributed by atoms with Crippen molar-refractivity contribution in [3.05, 3.63) is 35.4 Å². The maximum absolute atomic E-state index is 12.6. The first-order valence-corrected chi connectivity index (χ1v) is 7.19. The molecular weight excluding hydrogens is 236 g/mol. The molecule has 0 heterocycles. The minimum atomic E-state index is 0.130. The summed E-state index contributed by atoms with van der Waals surface area (Å²) in [5.74, 6) is 1.51. The normalized spacial score (nSPS) is 29.1. The van der Waals surface area contributed by atoms with E-state index in [9.17, 15) is 4.79 Å². The molecule has 4 unspecified atom stereocenters. The summed E-state index contributed by atoms with van der Waals surface area (Å²) in [5.41, 5.74) is 8.51. The Morgan fingerprint density at radius 1 is 1.47 bits per heavy atom. The van der Waals surface area contributed by atoms with Crippen molar-refractivity contribution in [1.29, 1.82) is 0 Å². The molecule has 1 amide bonds. The maximum atomic E-state index is 12.6. The zero-order valence-electron chi connectivity index (χ0n) is 11.7. The van der Waals surface area contributed by atoms with Crippen molar-refractivity contribution < 1.29 is 4.79 Å². The van der Waals surface area contributed by atoms with E-state index in [2.05, 4.69) is 24.3 Å². The first-order valence-electron chi connectivity index (χ1n) is 7.19. The molecule has 0 bridgehead atoms. The molecule has 102 valence electrons. The Labute approximate surface area is 114 Å². The number of nitrogens with two attached hydrogens (primary N) is 1. The van der Waals surface area contributed by atoms with E-state index >= 15 is 0 Å². The van der Waals surface area contributed by atoms with Crippen LogP contribution in [0.15, 0.2) is 24.3 Å². The van der Waals surface area contributed by atoms with Gasteiger partial charge in [0.1, 0.15) is 0 Å². The van der Waals surface area contributed by atoms with E-state index in [1.54, 1.807) is 0 Å². The predicted molar refractivity (Wildman–Crippen MR) is 75.8 cm³/mol. The molecule has 1 fully saturated rings. The molecule has 2 aliphatic rings. The number of benzene rings is 1. The van der Waals surface area contributed by atoms with E-state index < -0.39 is 0 Å². The molecule has 3 heteroatoms. The molecule has 0 aliphatic heterocycles. The number of carbonyl (C=O) groups is 1. The number of fused-ring (bicyclic) bond motifs is 3. The van der Waals surface area contributed by atoms with Gasteiger partial charge in [-0.3, -0.25) is 4.79 Å². The topological polar surface area (TPSA) is 46.3 Å². The van der Waals surface area contributed by atoms with Gasteiger partial charge < -0.3 is 10.6 Å². The monoisotopic (exact) mass is 258 g/mol. The molecule has 3 rings (SSSR count). The lowest BCUT2D eigenvalue weighted by atomic mass is 9.92. The third kappa shape index (κ3) is 1.96. The quantitative estimate of drug-likeness (QED) is 0.898. The standard InChI is InChI=1S/C16H22N2O/c1-10(9-17)18(2)16(19)15-13-8-7-11-5-3-4-6-12(11)14(13)15/h3-6,10,13-15H,7-9,17H2,1-2H3. The Morgan fingerprint density at radius 3 is 2.95 bits per heavy atom. The van der Waals surface area contributed by atoms with Gasteiger partial charge in [-0.1, -0.05) is 24.3 Å². The van der Waals surface area contributed by atoms with Crippen molar-refractivity contribution in [2.24, 2.45) is 17.6 Å². The lowest BCUT2D eigenvalue weighted by Crippen LogP contribution is -2.40. The summed E-state index contributed by atoms with van der Waals surface area (Å²) in [7, 11) is 1.89. The Kier molecular flexibility index (Phi) is 3.09. The minimum absolute atomic E-state index is 0.130. The van der Waals surface area contributed by atoms with Crippen LogP contribution in [-0.2, 0) is 11.2 Å². The van der Waals surface area contributed by atoms with Gasteiger partial charge in [0, 0.05) is 25.6 Å². The number of carbonyl (C=O) groups excluding carboxylic acids is 1. The van der Waals surface area contributed by atoms with Crippen molar-refractivity contribution in [3.63, 3.8) is 0 Å². The van der Waals surface area contributed by atoms with Gasteiger partial charge in [0.05, 0.1) is 0 Å². The van der Waals surface area contributed by atoms with Crippen molar-refractivity contribution in [2.45, 2.75) is 31.7 Å². The third-order valence-corrected chi connectivity index (χ3v) is 4.96. The summed E-state index contributed by atoms with van der Waals surface area (Å²) >= 11 is 0. The Hall–Kier alpha value is -1.35. The molecule has 1 aromatic carbocycles. The summed E-state index contributed by atoms with van der Waals surface area (Å²) in [6.45, 7) is 2.54.